The molecule has 2 rings (SSSR count). The van der Waals surface area contributed by atoms with E-state index in [-0.39, 0.29) is 11.9 Å². The molecule has 1 atom stereocenters. The van der Waals surface area contributed by atoms with Crippen LogP contribution >= 0.6 is 27.3 Å². The number of halogens is 2. The van der Waals surface area contributed by atoms with E-state index < -0.39 is 0 Å². The lowest BCUT2D eigenvalue weighted by molar-refractivity contribution is 0.512. The number of thiophene rings is 1. The Kier molecular flexibility index (Phi) is 4.28. The zero-order valence-electron chi connectivity index (χ0n) is 8.99. The summed E-state index contributed by atoms with van der Waals surface area (Å²) in [6.45, 7) is 0. The van der Waals surface area contributed by atoms with E-state index in [1.807, 2.05) is 23.6 Å². The van der Waals surface area contributed by atoms with Crippen LogP contribution in [0.2, 0.25) is 0 Å². The van der Waals surface area contributed by atoms with Crippen molar-refractivity contribution in [3.8, 4) is 0 Å². The third-order valence-corrected chi connectivity index (χ3v) is 3.92. The van der Waals surface area contributed by atoms with Gasteiger partial charge >= 0.3 is 0 Å². The van der Waals surface area contributed by atoms with Gasteiger partial charge in [-0.1, -0.05) is 28.1 Å². The highest BCUT2D eigenvalue weighted by atomic mass is 79.9. The topological polar surface area (TPSA) is 38.0 Å². The Bertz CT molecular complexity index is 487. The summed E-state index contributed by atoms with van der Waals surface area (Å²) in [5.41, 5.74) is 3.26. The average Bonchev–Trinajstić information content (AvgIpc) is 2.79. The van der Waals surface area contributed by atoms with E-state index >= 15 is 0 Å². The lowest BCUT2D eigenvalue weighted by Crippen LogP contribution is -2.30. The summed E-state index contributed by atoms with van der Waals surface area (Å²) in [6.07, 6.45) is 0.687. The molecule has 0 amide bonds. The molecule has 90 valence electrons. The molecule has 1 unspecified atom stereocenters. The second-order valence-electron chi connectivity index (χ2n) is 3.67. The van der Waals surface area contributed by atoms with Gasteiger partial charge in [0.05, 0.1) is 6.04 Å². The van der Waals surface area contributed by atoms with Gasteiger partial charge in [0.1, 0.15) is 5.82 Å². The van der Waals surface area contributed by atoms with Crippen molar-refractivity contribution in [3.05, 3.63) is 56.4 Å². The smallest absolute Gasteiger partial charge is 0.129 e. The summed E-state index contributed by atoms with van der Waals surface area (Å²) in [5, 5.41) is 2.00. The van der Waals surface area contributed by atoms with E-state index in [9.17, 15) is 4.39 Å². The molecular formula is C12H12BrFN2S. The van der Waals surface area contributed by atoms with Crippen LogP contribution in [0.5, 0.6) is 0 Å². The molecule has 2 aromatic rings. The van der Waals surface area contributed by atoms with Crippen molar-refractivity contribution in [2.24, 2.45) is 5.84 Å². The normalized spacial score (nSPS) is 12.6. The predicted molar refractivity (Wildman–Crippen MR) is 72.2 cm³/mol. The van der Waals surface area contributed by atoms with Crippen molar-refractivity contribution in [1.29, 1.82) is 0 Å². The standard InChI is InChI=1S/C12H12BrFN2S/c13-8-3-4-10(11(14)6-8)12(16-15)7-9-2-1-5-17-9/h1-6,12,16H,7,15H2. The van der Waals surface area contributed by atoms with Crippen LogP contribution in [0.3, 0.4) is 0 Å². The maximum atomic E-state index is 13.8. The van der Waals surface area contributed by atoms with Crippen molar-refractivity contribution in [2.75, 3.05) is 0 Å². The van der Waals surface area contributed by atoms with Crippen molar-refractivity contribution in [1.82, 2.24) is 5.43 Å². The molecule has 0 aliphatic heterocycles. The molecule has 5 heteroatoms. The molecule has 1 aromatic carbocycles. The van der Waals surface area contributed by atoms with Crippen molar-refractivity contribution < 1.29 is 4.39 Å². The van der Waals surface area contributed by atoms with E-state index in [2.05, 4.69) is 21.4 Å². The molecule has 1 heterocycles. The number of hydrogen-bond donors (Lipinski definition) is 2. The second kappa shape index (κ2) is 5.73. The molecule has 0 aliphatic carbocycles. The van der Waals surface area contributed by atoms with Crippen LogP contribution in [0.1, 0.15) is 16.5 Å². The van der Waals surface area contributed by atoms with Gasteiger partial charge in [0, 0.05) is 21.3 Å². The first-order valence-electron chi connectivity index (χ1n) is 5.14. The van der Waals surface area contributed by atoms with Crippen LogP contribution in [-0.4, -0.2) is 0 Å². The van der Waals surface area contributed by atoms with Gasteiger partial charge in [0.25, 0.3) is 0 Å². The third kappa shape index (κ3) is 3.13. The van der Waals surface area contributed by atoms with Gasteiger partial charge < -0.3 is 0 Å². The van der Waals surface area contributed by atoms with Crippen LogP contribution in [0.25, 0.3) is 0 Å². The molecule has 0 radical (unpaired) electrons. The van der Waals surface area contributed by atoms with E-state index in [0.717, 1.165) is 4.47 Å². The van der Waals surface area contributed by atoms with E-state index in [4.69, 9.17) is 5.84 Å². The molecule has 3 N–H and O–H groups in total. The first kappa shape index (κ1) is 12.7. The average molecular weight is 315 g/mol. The SMILES string of the molecule is NNC(Cc1cccs1)c1ccc(Br)cc1F. The number of benzene rings is 1. The van der Waals surface area contributed by atoms with E-state index in [0.29, 0.717) is 12.0 Å². The highest BCUT2D eigenvalue weighted by molar-refractivity contribution is 9.10. The minimum absolute atomic E-state index is 0.207. The molecule has 0 bridgehead atoms. The lowest BCUT2D eigenvalue weighted by atomic mass is 10.0. The van der Waals surface area contributed by atoms with Crippen LogP contribution in [0, 0.1) is 5.82 Å². The number of hydrazine groups is 1. The quantitative estimate of drug-likeness (QED) is 0.670. The summed E-state index contributed by atoms with van der Waals surface area (Å²) in [5.74, 6) is 5.25. The van der Waals surface area contributed by atoms with Gasteiger partial charge in [0.2, 0.25) is 0 Å². The molecule has 0 aliphatic rings. The molecular weight excluding hydrogens is 303 g/mol. The van der Waals surface area contributed by atoms with Gasteiger partial charge in [0.15, 0.2) is 0 Å². The summed E-state index contributed by atoms with van der Waals surface area (Å²) in [6, 6.07) is 8.81. The van der Waals surface area contributed by atoms with Gasteiger partial charge in [-0.05, 0) is 23.6 Å². The Morgan fingerprint density at radius 2 is 2.24 bits per heavy atom. The fourth-order valence-electron chi connectivity index (χ4n) is 1.67. The Morgan fingerprint density at radius 3 is 2.82 bits per heavy atom. The van der Waals surface area contributed by atoms with E-state index in [1.165, 1.54) is 10.9 Å². The van der Waals surface area contributed by atoms with Crippen molar-refractivity contribution >= 4 is 27.3 Å². The maximum absolute atomic E-state index is 13.8. The molecule has 2 nitrogen and oxygen atoms in total. The zero-order valence-corrected chi connectivity index (χ0v) is 11.4. The Labute approximate surface area is 112 Å². The van der Waals surface area contributed by atoms with E-state index in [1.54, 1.807) is 17.4 Å². The summed E-state index contributed by atoms with van der Waals surface area (Å²) in [7, 11) is 0. The molecule has 0 saturated carbocycles. The number of nitrogens with two attached hydrogens (primary N) is 1. The first-order chi connectivity index (χ1) is 8.20. The molecule has 0 saturated heterocycles. The van der Waals surface area contributed by atoms with Crippen LogP contribution in [-0.2, 0) is 6.42 Å². The number of rotatable bonds is 4. The summed E-state index contributed by atoms with van der Waals surface area (Å²) >= 11 is 4.88. The van der Waals surface area contributed by atoms with Crippen LogP contribution < -0.4 is 11.3 Å². The minimum atomic E-state index is -0.251. The molecule has 0 fully saturated rings. The zero-order chi connectivity index (χ0) is 12.3. The lowest BCUT2D eigenvalue weighted by Gasteiger charge is -2.16. The molecule has 1 aromatic heterocycles. The van der Waals surface area contributed by atoms with Crippen molar-refractivity contribution in [2.45, 2.75) is 12.5 Å². The number of nitrogens with one attached hydrogen (secondary N) is 1. The molecule has 17 heavy (non-hydrogen) atoms. The first-order valence-corrected chi connectivity index (χ1v) is 6.81. The van der Waals surface area contributed by atoms with Gasteiger partial charge in [-0.2, -0.15) is 0 Å². The fourth-order valence-corrected chi connectivity index (χ4v) is 2.76. The Hall–Kier alpha value is -0.750. The predicted octanol–water partition coefficient (Wildman–Crippen LogP) is 3.40. The monoisotopic (exact) mass is 314 g/mol. The van der Waals surface area contributed by atoms with Gasteiger partial charge in [-0.3, -0.25) is 11.3 Å². The highest BCUT2D eigenvalue weighted by Gasteiger charge is 2.15. The van der Waals surface area contributed by atoms with Crippen LogP contribution in [0.4, 0.5) is 4.39 Å². The maximum Gasteiger partial charge on any atom is 0.129 e. The number of hydrogen-bond acceptors (Lipinski definition) is 3. The third-order valence-electron chi connectivity index (χ3n) is 2.52. The molecule has 0 spiro atoms. The summed E-state index contributed by atoms with van der Waals surface area (Å²) in [4.78, 5) is 1.18. The summed E-state index contributed by atoms with van der Waals surface area (Å²) < 4.78 is 14.5. The second-order valence-corrected chi connectivity index (χ2v) is 5.62. The van der Waals surface area contributed by atoms with Crippen LogP contribution in [0.15, 0.2) is 40.2 Å². The largest absolute Gasteiger partial charge is 0.271 e. The Morgan fingerprint density at radius 1 is 1.41 bits per heavy atom. The minimum Gasteiger partial charge on any atom is -0.271 e. The Balaban J connectivity index is 2.23. The van der Waals surface area contributed by atoms with Gasteiger partial charge in [-0.15, -0.1) is 11.3 Å². The van der Waals surface area contributed by atoms with Crippen molar-refractivity contribution in [3.63, 3.8) is 0 Å². The fraction of sp³-hybridized carbons (Fsp3) is 0.167. The highest BCUT2D eigenvalue weighted by Crippen LogP contribution is 2.25. The van der Waals surface area contributed by atoms with Gasteiger partial charge in [-0.25, -0.2) is 4.39 Å².